The smallest absolute Gasteiger partial charge is 0.177 e. The third kappa shape index (κ3) is 2.51. The van der Waals surface area contributed by atoms with Crippen LogP contribution in [0.15, 0.2) is 34.9 Å². The average molecular weight is 313 g/mol. The predicted octanol–water partition coefficient (Wildman–Crippen LogP) is 3.41. The number of aliphatic hydroxyl groups excluding tert-OH is 1. The van der Waals surface area contributed by atoms with Crippen LogP contribution in [-0.4, -0.2) is 14.7 Å². The van der Waals surface area contributed by atoms with E-state index in [-0.39, 0.29) is 12.6 Å². The van der Waals surface area contributed by atoms with Crippen LogP contribution < -0.4 is 0 Å². The normalized spacial score (nSPS) is 12.6. The molecular weight excluding hydrogens is 300 g/mol. The van der Waals surface area contributed by atoms with Crippen molar-refractivity contribution in [3.8, 4) is 0 Å². The van der Waals surface area contributed by atoms with Gasteiger partial charge in [0, 0.05) is 10.7 Å². The highest BCUT2D eigenvalue weighted by molar-refractivity contribution is 9.10. The van der Waals surface area contributed by atoms with Gasteiger partial charge in [0.1, 0.15) is 0 Å². The first-order valence-electron chi connectivity index (χ1n) is 5.28. The fourth-order valence-electron chi connectivity index (χ4n) is 1.85. The molecule has 5 heteroatoms. The first-order chi connectivity index (χ1) is 8.13. The molecule has 0 saturated carbocycles. The minimum absolute atomic E-state index is 0.0198. The monoisotopic (exact) mass is 312 g/mol. The molecule has 0 fully saturated rings. The lowest BCUT2D eigenvalue weighted by Gasteiger charge is -2.16. The molecule has 0 bridgehead atoms. The quantitative estimate of drug-likeness (QED) is 0.853. The molecule has 0 aliphatic carbocycles. The predicted molar refractivity (Wildman–Crippen MR) is 73.5 cm³/mol. The lowest BCUT2D eigenvalue weighted by Crippen LogP contribution is -2.10. The zero-order valence-corrected chi connectivity index (χ0v) is 11.8. The van der Waals surface area contributed by atoms with Gasteiger partial charge in [-0.15, -0.1) is 0 Å². The van der Waals surface area contributed by atoms with E-state index in [1.807, 2.05) is 28.8 Å². The first kappa shape index (κ1) is 12.5. The Morgan fingerprint density at radius 2 is 2.06 bits per heavy atom. The SMILES string of the molecule is CC(c1ccc(Br)cc1)n1c(CO)c[nH]c1=S. The molecule has 17 heavy (non-hydrogen) atoms. The van der Waals surface area contributed by atoms with Gasteiger partial charge >= 0.3 is 0 Å². The Hall–Kier alpha value is -0.910. The molecule has 3 nitrogen and oxygen atoms in total. The maximum Gasteiger partial charge on any atom is 0.177 e. The minimum Gasteiger partial charge on any atom is -0.390 e. The highest BCUT2D eigenvalue weighted by Crippen LogP contribution is 2.22. The fraction of sp³-hybridized carbons (Fsp3) is 0.250. The number of imidazole rings is 1. The van der Waals surface area contributed by atoms with Crippen LogP contribution in [0.2, 0.25) is 0 Å². The number of nitrogens with zero attached hydrogens (tertiary/aromatic N) is 1. The van der Waals surface area contributed by atoms with Crippen molar-refractivity contribution in [2.45, 2.75) is 19.6 Å². The van der Waals surface area contributed by atoms with E-state index in [4.69, 9.17) is 12.2 Å². The third-order valence-electron chi connectivity index (χ3n) is 2.79. The molecule has 0 spiro atoms. The summed E-state index contributed by atoms with van der Waals surface area (Å²) in [6.07, 6.45) is 1.75. The number of benzene rings is 1. The van der Waals surface area contributed by atoms with Crippen molar-refractivity contribution in [2.24, 2.45) is 0 Å². The number of aliphatic hydroxyl groups is 1. The molecule has 0 radical (unpaired) electrons. The standard InChI is InChI=1S/C12H13BrN2OS/c1-8(9-2-4-10(13)5-3-9)15-11(7-16)6-14-12(15)17/h2-6,8,16H,7H2,1H3,(H,14,17). The van der Waals surface area contributed by atoms with Crippen LogP contribution in [0.4, 0.5) is 0 Å². The minimum atomic E-state index is -0.0198. The topological polar surface area (TPSA) is 41.0 Å². The van der Waals surface area contributed by atoms with E-state index in [1.54, 1.807) is 6.20 Å². The molecule has 1 aromatic carbocycles. The molecule has 1 unspecified atom stereocenters. The highest BCUT2D eigenvalue weighted by Gasteiger charge is 2.12. The Morgan fingerprint density at radius 3 is 2.65 bits per heavy atom. The Labute approximate surface area is 113 Å². The van der Waals surface area contributed by atoms with Crippen LogP contribution in [-0.2, 0) is 6.61 Å². The van der Waals surface area contributed by atoms with Gasteiger partial charge in [0.15, 0.2) is 4.77 Å². The molecule has 90 valence electrons. The van der Waals surface area contributed by atoms with Crippen molar-refractivity contribution in [3.05, 3.63) is 51.0 Å². The summed E-state index contributed by atoms with van der Waals surface area (Å²) < 4.78 is 3.61. The molecule has 1 atom stereocenters. The molecule has 0 aliphatic heterocycles. The Kier molecular flexibility index (Phi) is 3.81. The van der Waals surface area contributed by atoms with E-state index in [1.165, 1.54) is 0 Å². The van der Waals surface area contributed by atoms with Crippen LogP contribution in [0.5, 0.6) is 0 Å². The molecule has 2 rings (SSSR count). The molecular formula is C12H13BrN2OS. The van der Waals surface area contributed by atoms with Gasteiger partial charge in [-0.25, -0.2) is 0 Å². The van der Waals surface area contributed by atoms with Gasteiger partial charge < -0.3 is 14.7 Å². The molecule has 0 amide bonds. The van der Waals surface area contributed by atoms with Crippen LogP contribution >= 0.6 is 28.1 Å². The van der Waals surface area contributed by atoms with Gasteiger partial charge in [-0.2, -0.15) is 0 Å². The van der Waals surface area contributed by atoms with Crippen LogP contribution in [0.3, 0.4) is 0 Å². The van der Waals surface area contributed by atoms with E-state index in [2.05, 4.69) is 27.8 Å². The molecule has 1 heterocycles. The summed E-state index contributed by atoms with van der Waals surface area (Å²) in [7, 11) is 0. The lowest BCUT2D eigenvalue weighted by molar-refractivity contribution is 0.269. The van der Waals surface area contributed by atoms with Crippen LogP contribution in [0.1, 0.15) is 24.2 Å². The number of nitrogens with one attached hydrogen (secondary N) is 1. The summed E-state index contributed by atoms with van der Waals surface area (Å²) >= 11 is 8.64. The fourth-order valence-corrected chi connectivity index (χ4v) is 2.45. The van der Waals surface area contributed by atoms with Crippen molar-refractivity contribution in [1.82, 2.24) is 9.55 Å². The van der Waals surface area contributed by atoms with Gasteiger partial charge in [0.05, 0.1) is 18.3 Å². The number of rotatable bonds is 3. The van der Waals surface area contributed by atoms with Crippen molar-refractivity contribution in [3.63, 3.8) is 0 Å². The zero-order chi connectivity index (χ0) is 12.4. The van der Waals surface area contributed by atoms with Gasteiger partial charge in [-0.3, -0.25) is 0 Å². The van der Waals surface area contributed by atoms with Crippen molar-refractivity contribution >= 4 is 28.1 Å². The summed E-state index contributed by atoms with van der Waals surface area (Å²) in [5.74, 6) is 0. The van der Waals surface area contributed by atoms with Crippen molar-refractivity contribution in [1.29, 1.82) is 0 Å². The van der Waals surface area contributed by atoms with Gasteiger partial charge in [-0.1, -0.05) is 28.1 Å². The Bertz CT molecular complexity index is 559. The molecule has 1 aromatic heterocycles. The number of hydrogen-bond acceptors (Lipinski definition) is 2. The van der Waals surface area contributed by atoms with Gasteiger partial charge in [-0.05, 0) is 36.8 Å². The van der Waals surface area contributed by atoms with Gasteiger partial charge in [0.2, 0.25) is 0 Å². The maximum absolute atomic E-state index is 9.28. The summed E-state index contributed by atoms with van der Waals surface area (Å²) in [4.78, 5) is 2.96. The summed E-state index contributed by atoms with van der Waals surface area (Å²) in [5.41, 5.74) is 1.95. The summed E-state index contributed by atoms with van der Waals surface area (Å²) in [6, 6.07) is 8.19. The lowest BCUT2D eigenvalue weighted by atomic mass is 10.1. The van der Waals surface area contributed by atoms with Crippen molar-refractivity contribution in [2.75, 3.05) is 0 Å². The second-order valence-corrected chi connectivity index (χ2v) is 5.14. The maximum atomic E-state index is 9.28. The second-order valence-electron chi connectivity index (χ2n) is 3.84. The zero-order valence-electron chi connectivity index (χ0n) is 9.35. The summed E-state index contributed by atoms with van der Waals surface area (Å²) in [6.45, 7) is 2.04. The molecule has 2 N–H and O–H groups in total. The van der Waals surface area contributed by atoms with E-state index in [0.29, 0.717) is 4.77 Å². The van der Waals surface area contributed by atoms with Gasteiger partial charge in [0.25, 0.3) is 0 Å². The Morgan fingerprint density at radius 1 is 1.41 bits per heavy atom. The third-order valence-corrected chi connectivity index (χ3v) is 3.64. The van der Waals surface area contributed by atoms with Crippen LogP contribution in [0, 0.1) is 4.77 Å². The second kappa shape index (κ2) is 5.16. The largest absolute Gasteiger partial charge is 0.390 e. The molecule has 0 saturated heterocycles. The number of halogens is 1. The number of aromatic amines is 1. The van der Waals surface area contributed by atoms with E-state index in [9.17, 15) is 5.11 Å². The first-order valence-corrected chi connectivity index (χ1v) is 6.48. The number of aromatic nitrogens is 2. The average Bonchev–Trinajstić information content (AvgIpc) is 2.70. The van der Waals surface area contributed by atoms with E-state index < -0.39 is 0 Å². The number of H-pyrrole nitrogens is 1. The summed E-state index contributed by atoms with van der Waals surface area (Å²) in [5, 5.41) is 9.28. The van der Waals surface area contributed by atoms with E-state index >= 15 is 0 Å². The van der Waals surface area contributed by atoms with E-state index in [0.717, 1.165) is 15.7 Å². The van der Waals surface area contributed by atoms with Crippen molar-refractivity contribution < 1.29 is 5.11 Å². The molecule has 0 aliphatic rings. The highest BCUT2D eigenvalue weighted by atomic mass is 79.9. The van der Waals surface area contributed by atoms with Crippen LogP contribution in [0.25, 0.3) is 0 Å². The Balaban J connectivity index is 2.43. The molecule has 2 aromatic rings. The number of hydrogen-bond donors (Lipinski definition) is 2.